The molecule has 0 saturated carbocycles. The molecule has 0 spiro atoms. The Bertz CT molecular complexity index is 974. The Morgan fingerprint density at radius 1 is 1.04 bits per heavy atom. The Morgan fingerprint density at radius 2 is 1.78 bits per heavy atom. The van der Waals surface area contributed by atoms with Crippen LogP contribution >= 0.6 is 23.2 Å². The largest absolute Gasteiger partial charge is 0.324 e. The van der Waals surface area contributed by atoms with Gasteiger partial charge in [-0.25, -0.2) is 0 Å². The molecule has 0 saturated heterocycles. The van der Waals surface area contributed by atoms with Gasteiger partial charge >= 0.3 is 0 Å². The molecule has 0 aliphatic heterocycles. The molecule has 3 aromatic rings. The van der Waals surface area contributed by atoms with Crippen LogP contribution in [0.25, 0.3) is 0 Å². The van der Waals surface area contributed by atoms with Gasteiger partial charge in [0.1, 0.15) is 6.04 Å². The minimum atomic E-state index is -0.469. The van der Waals surface area contributed by atoms with Crippen LogP contribution in [0.15, 0.2) is 60.9 Å². The third kappa shape index (κ3) is 4.67. The highest BCUT2D eigenvalue weighted by Gasteiger charge is 2.16. The average Bonchev–Trinajstić information content (AvgIpc) is 3.18. The van der Waals surface area contributed by atoms with Gasteiger partial charge in [-0.3, -0.25) is 14.3 Å². The summed E-state index contributed by atoms with van der Waals surface area (Å²) >= 11 is 12.0. The van der Waals surface area contributed by atoms with Crippen molar-refractivity contribution in [2.45, 2.75) is 13.0 Å². The molecular weight excluding hydrogens is 387 g/mol. The molecule has 1 unspecified atom stereocenters. The number of carbonyl (C=O) groups is 2. The van der Waals surface area contributed by atoms with E-state index in [-0.39, 0.29) is 11.5 Å². The van der Waals surface area contributed by atoms with Gasteiger partial charge in [-0.05, 0) is 49.4 Å². The first kappa shape index (κ1) is 18.9. The van der Waals surface area contributed by atoms with Gasteiger partial charge in [0.2, 0.25) is 5.91 Å². The summed E-state index contributed by atoms with van der Waals surface area (Å²) < 4.78 is 1.56. The summed E-state index contributed by atoms with van der Waals surface area (Å²) in [6, 6.07) is 12.8. The number of nitrogens with zero attached hydrogens (tertiary/aromatic N) is 2. The van der Waals surface area contributed by atoms with Gasteiger partial charge in [-0.15, -0.1) is 0 Å². The number of benzene rings is 2. The molecule has 0 aliphatic carbocycles. The second kappa shape index (κ2) is 8.24. The highest BCUT2D eigenvalue weighted by Crippen LogP contribution is 2.23. The second-order valence-corrected chi connectivity index (χ2v) is 6.65. The van der Waals surface area contributed by atoms with E-state index in [4.69, 9.17) is 23.2 Å². The first-order valence-electron chi connectivity index (χ1n) is 8.10. The summed E-state index contributed by atoms with van der Waals surface area (Å²) in [4.78, 5) is 24.8. The number of anilines is 2. The topological polar surface area (TPSA) is 76.0 Å². The molecular formula is C19H16Cl2N4O2. The van der Waals surface area contributed by atoms with Crippen LogP contribution in [0.2, 0.25) is 10.0 Å². The molecule has 3 rings (SSSR count). The number of hydrogen-bond donors (Lipinski definition) is 2. The van der Waals surface area contributed by atoms with Crippen molar-refractivity contribution in [3.05, 3.63) is 76.5 Å². The van der Waals surface area contributed by atoms with E-state index in [0.29, 0.717) is 21.4 Å². The molecule has 0 fully saturated rings. The van der Waals surface area contributed by atoms with E-state index >= 15 is 0 Å². The number of hydrogen-bond acceptors (Lipinski definition) is 3. The number of aromatic nitrogens is 2. The fourth-order valence-corrected chi connectivity index (χ4v) is 2.80. The molecule has 1 heterocycles. The number of carbonyl (C=O) groups excluding carboxylic acids is 2. The fourth-order valence-electron chi connectivity index (χ4n) is 2.42. The van der Waals surface area contributed by atoms with Crippen molar-refractivity contribution in [1.29, 1.82) is 0 Å². The van der Waals surface area contributed by atoms with Crippen LogP contribution in [-0.2, 0) is 4.79 Å². The van der Waals surface area contributed by atoms with E-state index in [1.807, 2.05) is 0 Å². The molecule has 27 heavy (non-hydrogen) atoms. The van der Waals surface area contributed by atoms with Crippen LogP contribution in [0.4, 0.5) is 11.4 Å². The van der Waals surface area contributed by atoms with Crippen molar-refractivity contribution in [2.24, 2.45) is 0 Å². The van der Waals surface area contributed by atoms with E-state index < -0.39 is 11.9 Å². The van der Waals surface area contributed by atoms with Crippen molar-refractivity contribution >= 4 is 46.4 Å². The standard InChI is InChI=1S/C19H16Cl2N4O2/c1-12(25-9-3-8-22-25)18(26)23-14-4-2-5-15(11-14)24-19(27)16-10-13(20)6-7-17(16)21/h2-12H,1H3,(H,23,26)(H,24,27). The maximum Gasteiger partial charge on any atom is 0.257 e. The normalized spacial score (nSPS) is 11.7. The minimum Gasteiger partial charge on any atom is -0.324 e. The minimum absolute atomic E-state index is 0.222. The van der Waals surface area contributed by atoms with Gasteiger partial charge in [-0.1, -0.05) is 29.3 Å². The lowest BCUT2D eigenvalue weighted by atomic mass is 10.2. The average molecular weight is 403 g/mol. The van der Waals surface area contributed by atoms with E-state index in [0.717, 1.165) is 0 Å². The molecule has 138 valence electrons. The summed E-state index contributed by atoms with van der Waals surface area (Å²) in [5.74, 6) is -0.615. The molecule has 0 bridgehead atoms. The van der Waals surface area contributed by atoms with Crippen molar-refractivity contribution in [2.75, 3.05) is 10.6 Å². The molecule has 0 aliphatic rings. The van der Waals surface area contributed by atoms with Gasteiger partial charge < -0.3 is 10.6 Å². The molecule has 2 aromatic carbocycles. The monoisotopic (exact) mass is 402 g/mol. The van der Waals surface area contributed by atoms with Crippen LogP contribution in [-0.4, -0.2) is 21.6 Å². The molecule has 6 nitrogen and oxygen atoms in total. The highest BCUT2D eigenvalue weighted by molar-refractivity contribution is 6.36. The lowest BCUT2D eigenvalue weighted by Crippen LogP contribution is -2.24. The summed E-state index contributed by atoms with van der Waals surface area (Å²) in [5, 5.41) is 10.3. The zero-order chi connectivity index (χ0) is 19.4. The van der Waals surface area contributed by atoms with Crippen LogP contribution in [0.1, 0.15) is 23.3 Å². The Balaban J connectivity index is 1.71. The van der Waals surface area contributed by atoms with E-state index in [2.05, 4.69) is 15.7 Å². The number of halogens is 2. The molecule has 1 atom stereocenters. The third-order valence-corrected chi connectivity index (χ3v) is 4.43. The smallest absolute Gasteiger partial charge is 0.257 e. The predicted octanol–water partition coefficient (Wildman–Crippen LogP) is 4.64. The highest BCUT2D eigenvalue weighted by atomic mass is 35.5. The quantitative estimate of drug-likeness (QED) is 0.652. The fraction of sp³-hybridized carbons (Fsp3) is 0.105. The lowest BCUT2D eigenvalue weighted by molar-refractivity contribution is -0.119. The molecule has 2 N–H and O–H groups in total. The van der Waals surface area contributed by atoms with E-state index in [1.54, 1.807) is 66.5 Å². The Hall–Kier alpha value is -2.83. The summed E-state index contributed by atoms with van der Waals surface area (Å²) in [6.45, 7) is 1.75. The van der Waals surface area contributed by atoms with E-state index in [1.165, 1.54) is 6.07 Å². The summed E-state index contributed by atoms with van der Waals surface area (Å²) in [5.41, 5.74) is 1.33. The Labute approximate surface area is 166 Å². The third-order valence-electron chi connectivity index (χ3n) is 3.86. The summed E-state index contributed by atoms with van der Waals surface area (Å²) in [7, 11) is 0. The number of amides is 2. The molecule has 2 amide bonds. The first-order valence-corrected chi connectivity index (χ1v) is 8.86. The van der Waals surface area contributed by atoms with Crippen molar-refractivity contribution < 1.29 is 9.59 Å². The maximum absolute atomic E-state index is 12.4. The van der Waals surface area contributed by atoms with Gasteiger partial charge in [0.25, 0.3) is 5.91 Å². The number of nitrogens with one attached hydrogen (secondary N) is 2. The second-order valence-electron chi connectivity index (χ2n) is 5.81. The molecule has 0 radical (unpaired) electrons. The van der Waals surface area contributed by atoms with Crippen LogP contribution in [0.3, 0.4) is 0 Å². The lowest BCUT2D eigenvalue weighted by Gasteiger charge is -2.14. The molecule has 1 aromatic heterocycles. The van der Waals surface area contributed by atoms with Gasteiger partial charge in [0, 0.05) is 28.8 Å². The molecule has 8 heteroatoms. The Kier molecular flexibility index (Phi) is 5.78. The number of rotatable bonds is 5. The zero-order valence-corrected chi connectivity index (χ0v) is 15.8. The van der Waals surface area contributed by atoms with Gasteiger partial charge in [0.15, 0.2) is 0 Å². The van der Waals surface area contributed by atoms with Crippen LogP contribution in [0.5, 0.6) is 0 Å². The summed E-state index contributed by atoms with van der Waals surface area (Å²) in [6.07, 6.45) is 3.33. The van der Waals surface area contributed by atoms with Crippen molar-refractivity contribution in [1.82, 2.24) is 9.78 Å². The maximum atomic E-state index is 12.4. The van der Waals surface area contributed by atoms with Crippen molar-refractivity contribution in [3.8, 4) is 0 Å². The van der Waals surface area contributed by atoms with Gasteiger partial charge in [0.05, 0.1) is 10.6 Å². The van der Waals surface area contributed by atoms with E-state index in [9.17, 15) is 9.59 Å². The predicted molar refractivity (Wildman–Crippen MR) is 106 cm³/mol. The zero-order valence-electron chi connectivity index (χ0n) is 14.3. The Morgan fingerprint density at radius 3 is 2.48 bits per heavy atom. The van der Waals surface area contributed by atoms with Crippen LogP contribution < -0.4 is 10.6 Å². The van der Waals surface area contributed by atoms with Crippen molar-refractivity contribution in [3.63, 3.8) is 0 Å². The first-order chi connectivity index (χ1) is 12.9. The van der Waals surface area contributed by atoms with Crippen LogP contribution in [0, 0.1) is 0 Å². The van der Waals surface area contributed by atoms with Gasteiger partial charge in [-0.2, -0.15) is 5.10 Å². The SMILES string of the molecule is CC(C(=O)Nc1cccc(NC(=O)c2cc(Cl)ccc2Cl)c1)n1cccn1.